The van der Waals surface area contributed by atoms with Gasteiger partial charge in [-0.2, -0.15) is 4.80 Å². The molecule has 3 aromatic carbocycles. The van der Waals surface area contributed by atoms with Crippen LogP contribution in [0.4, 0.5) is 5.69 Å². The molecule has 6 heteroatoms. The third-order valence-electron chi connectivity index (χ3n) is 4.08. The summed E-state index contributed by atoms with van der Waals surface area (Å²) in [4.78, 5) is 14.1. The zero-order valence-electron chi connectivity index (χ0n) is 14.0. The van der Waals surface area contributed by atoms with Crippen molar-refractivity contribution in [2.45, 2.75) is 6.92 Å². The molecule has 0 aliphatic heterocycles. The number of benzene rings is 3. The van der Waals surface area contributed by atoms with E-state index in [1.807, 2.05) is 49.4 Å². The van der Waals surface area contributed by atoms with Crippen LogP contribution in [0.2, 0.25) is 5.02 Å². The topological polar surface area (TPSA) is 59.8 Å². The molecule has 4 aromatic rings. The molecule has 1 amide bonds. The molecule has 0 aliphatic carbocycles. The summed E-state index contributed by atoms with van der Waals surface area (Å²) in [6.45, 7) is 1.92. The number of fused-ring (bicyclic) bond motifs is 1. The largest absolute Gasteiger partial charge is 0.322 e. The molecule has 1 heterocycles. The minimum absolute atomic E-state index is 0.256. The van der Waals surface area contributed by atoms with Crippen molar-refractivity contribution < 1.29 is 4.79 Å². The lowest BCUT2D eigenvalue weighted by Crippen LogP contribution is -2.13. The van der Waals surface area contributed by atoms with Crippen molar-refractivity contribution in [2.24, 2.45) is 0 Å². The van der Waals surface area contributed by atoms with E-state index in [0.717, 1.165) is 16.8 Å². The number of carbonyl (C=O) groups excluding carboxylic acids is 1. The van der Waals surface area contributed by atoms with Crippen LogP contribution in [-0.4, -0.2) is 20.9 Å². The number of carbonyl (C=O) groups is 1. The Labute approximate surface area is 155 Å². The number of nitrogens with one attached hydrogen (secondary N) is 1. The Morgan fingerprint density at radius 3 is 2.35 bits per heavy atom. The van der Waals surface area contributed by atoms with Gasteiger partial charge in [0.15, 0.2) is 0 Å². The summed E-state index contributed by atoms with van der Waals surface area (Å²) < 4.78 is 0. The van der Waals surface area contributed by atoms with Crippen molar-refractivity contribution in [3.8, 4) is 5.69 Å². The van der Waals surface area contributed by atoms with Gasteiger partial charge in [-0.1, -0.05) is 41.9 Å². The minimum atomic E-state index is -0.256. The van der Waals surface area contributed by atoms with E-state index in [9.17, 15) is 4.79 Å². The first-order valence-electron chi connectivity index (χ1n) is 8.11. The fourth-order valence-corrected chi connectivity index (χ4v) is 2.94. The van der Waals surface area contributed by atoms with Gasteiger partial charge in [0, 0.05) is 5.69 Å². The summed E-state index contributed by atoms with van der Waals surface area (Å²) in [5, 5.41) is 12.3. The normalized spacial score (nSPS) is 10.8. The number of hydrogen-bond donors (Lipinski definition) is 1. The van der Waals surface area contributed by atoms with Crippen molar-refractivity contribution in [1.29, 1.82) is 0 Å². The van der Waals surface area contributed by atoms with Gasteiger partial charge in [0.1, 0.15) is 11.0 Å². The molecule has 0 unspecified atom stereocenters. The molecule has 0 bridgehead atoms. The predicted octanol–water partition coefficient (Wildman–Crippen LogP) is 4.63. The molecule has 0 saturated carbocycles. The van der Waals surface area contributed by atoms with Gasteiger partial charge in [0.25, 0.3) is 5.91 Å². The first-order valence-corrected chi connectivity index (χ1v) is 8.48. The van der Waals surface area contributed by atoms with Gasteiger partial charge >= 0.3 is 0 Å². The van der Waals surface area contributed by atoms with E-state index in [1.54, 1.807) is 29.1 Å². The van der Waals surface area contributed by atoms with Crippen LogP contribution in [0.3, 0.4) is 0 Å². The van der Waals surface area contributed by atoms with Gasteiger partial charge in [0.2, 0.25) is 0 Å². The van der Waals surface area contributed by atoms with Gasteiger partial charge in [-0.15, -0.1) is 10.2 Å². The molecular formula is C20H15ClN4O. The first-order chi connectivity index (χ1) is 12.6. The molecule has 4 rings (SSSR count). The van der Waals surface area contributed by atoms with Crippen LogP contribution < -0.4 is 5.32 Å². The highest BCUT2D eigenvalue weighted by atomic mass is 35.5. The monoisotopic (exact) mass is 362 g/mol. The summed E-state index contributed by atoms with van der Waals surface area (Å²) >= 11 is 6.10. The third kappa shape index (κ3) is 3.05. The van der Waals surface area contributed by atoms with Gasteiger partial charge in [-0.3, -0.25) is 4.79 Å². The number of rotatable bonds is 3. The molecule has 1 aromatic heterocycles. The summed E-state index contributed by atoms with van der Waals surface area (Å²) in [6, 6.07) is 20.4. The fraction of sp³-hybridized carbons (Fsp3) is 0.0500. The van der Waals surface area contributed by atoms with Crippen LogP contribution in [-0.2, 0) is 0 Å². The SMILES string of the molecule is Cc1cc2nn(-c3ccccc3)nc2cc1NC(=O)c1ccccc1Cl. The lowest BCUT2D eigenvalue weighted by Gasteiger charge is -2.09. The minimum Gasteiger partial charge on any atom is -0.322 e. The number of nitrogens with zero attached hydrogens (tertiary/aromatic N) is 3. The molecule has 26 heavy (non-hydrogen) atoms. The van der Waals surface area contributed by atoms with Crippen molar-refractivity contribution in [2.75, 3.05) is 5.32 Å². The van der Waals surface area contributed by atoms with E-state index < -0.39 is 0 Å². The van der Waals surface area contributed by atoms with Crippen molar-refractivity contribution in [3.63, 3.8) is 0 Å². The Kier molecular flexibility index (Phi) is 4.14. The highest BCUT2D eigenvalue weighted by molar-refractivity contribution is 6.34. The smallest absolute Gasteiger partial charge is 0.257 e. The van der Waals surface area contributed by atoms with Crippen molar-refractivity contribution in [3.05, 3.63) is 82.9 Å². The molecular weight excluding hydrogens is 348 g/mol. The van der Waals surface area contributed by atoms with E-state index in [0.29, 0.717) is 21.8 Å². The molecule has 128 valence electrons. The Hall–Kier alpha value is -3.18. The van der Waals surface area contributed by atoms with Crippen LogP contribution in [0.15, 0.2) is 66.7 Å². The van der Waals surface area contributed by atoms with Crippen molar-refractivity contribution >= 4 is 34.2 Å². The second-order valence-corrected chi connectivity index (χ2v) is 6.32. The second kappa shape index (κ2) is 6.61. The van der Waals surface area contributed by atoms with Gasteiger partial charge < -0.3 is 5.32 Å². The standard InChI is InChI=1S/C20H15ClN4O/c1-13-11-18-19(24-25(23-18)14-7-3-2-4-8-14)12-17(13)22-20(26)15-9-5-6-10-16(15)21/h2-12H,1H3,(H,22,26). The van der Waals surface area contributed by atoms with E-state index in [2.05, 4.69) is 15.5 Å². The fourth-order valence-electron chi connectivity index (χ4n) is 2.71. The summed E-state index contributed by atoms with van der Waals surface area (Å²) in [7, 11) is 0. The number of amides is 1. The zero-order chi connectivity index (χ0) is 18.1. The van der Waals surface area contributed by atoms with E-state index in [1.165, 1.54) is 0 Å². The number of para-hydroxylation sites is 1. The predicted molar refractivity (Wildman–Crippen MR) is 103 cm³/mol. The Balaban J connectivity index is 1.69. The average Bonchev–Trinajstić information content (AvgIpc) is 3.06. The number of halogens is 1. The zero-order valence-corrected chi connectivity index (χ0v) is 14.7. The van der Waals surface area contributed by atoms with Gasteiger partial charge in [0.05, 0.1) is 16.3 Å². The van der Waals surface area contributed by atoms with Gasteiger partial charge in [-0.05, 0) is 48.9 Å². The van der Waals surface area contributed by atoms with Crippen LogP contribution >= 0.6 is 11.6 Å². The maximum atomic E-state index is 12.5. The van der Waals surface area contributed by atoms with E-state index in [4.69, 9.17) is 11.6 Å². The molecule has 0 atom stereocenters. The van der Waals surface area contributed by atoms with E-state index >= 15 is 0 Å². The van der Waals surface area contributed by atoms with Crippen LogP contribution in [0, 0.1) is 6.92 Å². The highest BCUT2D eigenvalue weighted by Gasteiger charge is 2.13. The molecule has 0 spiro atoms. The molecule has 0 aliphatic rings. The Morgan fingerprint density at radius 2 is 1.62 bits per heavy atom. The average molecular weight is 363 g/mol. The molecule has 1 N–H and O–H groups in total. The summed E-state index contributed by atoms with van der Waals surface area (Å²) in [6.07, 6.45) is 0. The van der Waals surface area contributed by atoms with Crippen LogP contribution in [0.5, 0.6) is 0 Å². The lowest BCUT2D eigenvalue weighted by atomic mass is 10.1. The number of anilines is 1. The lowest BCUT2D eigenvalue weighted by molar-refractivity contribution is 0.102. The maximum Gasteiger partial charge on any atom is 0.257 e. The molecule has 0 saturated heterocycles. The van der Waals surface area contributed by atoms with Crippen LogP contribution in [0.25, 0.3) is 16.7 Å². The molecule has 5 nitrogen and oxygen atoms in total. The summed E-state index contributed by atoms with van der Waals surface area (Å²) in [5.41, 5.74) is 4.36. The second-order valence-electron chi connectivity index (χ2n) is 5.91. The number of aromatic nitrogens is 3. The molecule has 0 fully saturated rings. The Bertz CT molecular complexity index is 1110. The third-order valence-corrected chi connectivity index (χ3v) is 4.41. The summed E-state index contributed by atoms with van der Waals surface area (Å²) in [5.74, 6) is -0.256. The van der Waals surface area contributed by atoms with E-state index in [-0.39, 0.29) is 5.91 Å². The van der Waals surface area contributed by atoms with Gasteiger partial charge in [-0.25, -0.2) is 0 Å². The number of hydrogen-bond acceptors (Lipinski definition) is 3. The quantitative estimate of drug-likeness (QED) is 0.577. The highest BCUT2D eigenvalue weighted by Crippen LogP contribution is 2.24. The Morgan fingerprint density at radius 1 is 0.962 bits per heavy atom. The maximum absolute atomic E-state index is 12.5. The first kappa shape index (κ1) is 16.3. The van der Waals surface area contributed by atoms with Crippen molar-refractivity contribution in [1.82, 2.24) is 15.0 Å². The molecule has 0 radical (unpaired) electrons. The van der Waals surface area contributed by atoms with Crippen LogP contribution in [0.1, 0.15) is 15.9 Å². The number of aryl methyl sites for hydroxylation is 1.